The number of thioether (sulfide) groups is 1. The van der Waals surface area contributed by atoms with E-state index in [1.807, 2.05) is 18.2 Å². The van der Waals surface area contributed by atoms with Crippen LogP contribution in [-0.4, -0.2) is 38.2 Å². The monoisotopic (exact) mass is 504 g/mol. The van der Waals surface area contributed by atoms with E-state index in [4.69, 9.17) is 0 Å². The number of halogens is 3. The highest BCUT2D eigenvalue weighted by molar-refractivity contribution is 8.15. The molecule has 3 heterocycles. The van der Waals surface area contributed by atoms with Gasteiger partial charge in [0.05, 0.1) is 21.5 Å². The molecule has 166 valence electrons. The van der Waals surface area contributed by atoms with Crippen molar-refractivity contribution in [3.63, 3.8) is 0 Å². The van der Waals surface area contributed by atoms with Crippen LogP contribution in [0.15, 0.2) is 52.4 Å². The van der Waals surface area contributed by atoms with Gasteiger partial charge in [0.25, 0.3) is 0 Å². The largest absolute Gasteiger partial charge is 0.416 e. The lowest BCUT2D eigenvalue weighted by Crippen LogP contribution is -2.19. The molecule has 13 heteroatoms. The average molecular weight is 505 g/mol. The van der Waals surface area contributed by atoms with Gasteiger partial charge in [-0.15, -0.1) is 10.2 Å². The highest BCUT2D eigenvalue weighted by Crippen LogP contribution is 2.35. The molecule has 0 unspecified atom stereocenters. The minimum Gasteiger partial charge on any atom is -0.304 e. The number of aliphatic imine (C=N–C) groups is 2. The van der Waals surface area contributed by atoms with Gasteiger partial charge in [0.1, 0.15) is 5.01 Å². The molecule has 1 aliphatic rings. The molecule has 2 aromatic heterocycles. The number of amidine groups is 1. The van der Waals surface area contributed by atoms with Gasteiger partial charge in [-0.25, -0.2) is 9.98 Å². The van der Waals surface area contributed by atoms with E-state index in [2.05, 4.69) is 30.5 Å². The van der Waals surface area contributed by atoms with Crippen LogP contribution in [0.3, 0.4) is 0 Å². The number of amides is 1. The van der Waals surface area contributed by atoms with Crippen molar-refractivity contribution in [2.75, 3.05) is 5.75 Å². The van der Waals surface area contributed by atoms with E-state index in [0.717, 1.165) is 27.9 Å². The van der Waals surface area contributed by atoms with Crippen molar-refractivity contribution < 1.29 is 18.0 Å². The highest BCUT2D eigenvalue weighted by atomic mass is 32.2. The second-order valence-corrected chi connectivity index (χ2v) is 9.63. The number of nitrogens with one attached hydrogen (secondary N) is 1. The molecule has 0 atom stereocenters. The smallest absolute Gasteiger partial charge is 0.304 e. The zero-order valence-electron chi connectivity index (χ0n) is 16.3. The van der Waals surface area contributed by atoms with Gasteiger partial charge >= 0.3 is 6.18 Å². The summed E-state index contributed by atoms with van der Waals surface area (Å²) in [5.41, 5.74) is 1.43. The van der Waals surface area contributed by atoms with Gasteiger partial charge in [-0.3, -0.25) is 4.79 Å². The fourth-order valence-corrected chi connectivity index (χ4v) is 5.14. The molecule has 1 aliphatic heterocycles. The first-order chi connectivity index (χ1) is 15.8. The average Bonchev–Trinajstić information content (AvgIpc) is 3.51. The number of carbonyl (C=O) groups excluding carboxylic acids is 1. The molecule has 1 fully saturated rings. The molecule has 1 N–H and O–H groups in total. The molecule has 33 heavy (non-hydrogen) atoms. The molecular formula is C20H11F3N6OS3. The van der Waals surface area contributed by atoms with E-state index in [1.165, 1.54) is 52.8 Å². The summed E-state index contributed by atoms with van der Waals surface area (Å²) in [5.74, 6) is 0.282. The van der Waals surface area contributed by atoms with Crippen LogP contribution >= 0.6 is 34.4 Å². The van der Waals surface area contributed by atoms with Crippen LogP contribution in [0.5, 0.6) is 0 Å². The van der Waals surface area contributed by atoms with E-state index in [1.54, 1.807) is 0 Å². The molecule has 4 aromatic rings. The van der Waals surface area contributed by atoms with Crippen LogP contribution in [0, 0.1) is 0 Å². The fraction of sp³-hybridized carbons (Fsp3) is 0.100. The Bertz CT molecular complexity index is 1410. The summed E-state index contributed by atoms with van der Waals surface area (Å²) in [6.07, 6.45) is -2.93. The lowest BCUT2D eigenvalue weighted by molar-refractivity contribution is -0.137. The summed E-state index contributed by atoms with van der Waals surface area (Å²) < 4.78 is 38.9. The number of thiazole rings is 1. The van der Waals surface area contributed by atoms with E-state index in [9.17, 15) is 18.0 Å². The van der Waals surface area contributed by atoms with Crippen LogP contribution in [0.1, 0.15) is 11.1 Å². The van der Waals surface area contributed by atoms with Gasteiger partial charge in [-0.1, -0.05) is 46.6 Å². The lowest BCUT2D eigenvalue weighted by Gasteiger charge is -2.05. The Morgan fingerprint density at radius 2 is 1.85 bits per heavy atom. The molecule has 0 spiro atoms. The summed E-state index contributed by atoms with van der Waals surface area (Å²) in [6, 6.07) is 10.4. The summed E-state index contributed by atoms with van der Waals surface area (Å²) in [4.78, 5) is 24.4. The first-order valence-corrected chi connectivity index (χ1v) is 11.9. The number of rotatable bonds is 4. The van der Waals surface area contributed by atoms with Crippen LogP contribution < -0.4 is 5.32 Å². The number of hydrogen-bond acceptors (Lipinski definition) is 9. The quantitative estimate of drug-likeness (QED) is 0.374. The number of nitrogens with zero attached hydrogens (tertiary/aromatic N) is 5. The number of carbonyl (C=O) groups is 1. The second kappa shape index (κ2) is 8.65. The Morgan fingerprint density at radius 3 is 2.58 bits per heavy atom. The molecule has 7 nitrogen and oxygen atoms in total. The van der Waals surface area contributed by atoms with Crippen molar-refractivity contribution in [2.24, 2.45) is 9.98 Å². The number of fused-ring (bicyclic) bond motifs is 1. The second-order valence-electron chi connectivity index (χ2n) is 6.70. The maximum Gasteiger partial charge on any atom is 0.416 e. The van der Waals surface area contributed by atoms with Gasteiger partial charge in [-0.2, -0.15) is 18.2 Å². The number of alkyl halides is 3. The van der Waals surface area contributed by atoms with Gasteiger partial charge in [0.2, 0.25) is 16.2 Å². The van der Waals surface area contributed by atoms with Gasteiger partial charge in [-0.05, 0) is 35.9 Å². The maximum absolute atomic E-state index is 12.7. The molecule has 0 bridgehead atoms. The maximum atomic E-state index is 12.7. The van der Waals surface area contributed by atoms with Gasteiger partial charge in [0, 0.05) is 11.8 Å². The zero-order valence-corrected chi connectivity index (χ0v) is 18.8. The molecule has 0 radical (unpaired) electrons. The number of benzene rings is 2. The standard InChI is InChI=1S/C20H11F3N6OS3/c21-20(22,23)12-4-1-10(2-5-12)8-24-17-29-28-16(33-17)11-3-6-13-14(7-11)32-19(25-13)27-18-26-15(30)9-31-18/h1-8H,9H2,(H,25,26,27,30)/b24-8+. The third-order valence-electron chi connectivity index (χ3n) is 4.38. The summed E-state index contributed by atoms with van der Waals surface area (Å²) in [6.45, 7) is 0. The zero-order chi connectivity index (χ0) is 23.0. The Labute approximate surface area is 196 Å². The van der Waals surface area contributed by atoms with E-state index < -0.39 is 11.7 Å². The normalized spacial score (nSPS) is 15.7. The molecular weight excluding hydrogens is 493 g/mol. The molecule has 1 saturated heterocycles. The SMILES string of the molecule is O=C1CS/C(=N\c2nc3ccc(-c4nnc(/N=C/c5ccc(C(F)(F)F)cc5)s4)cc3s2)N1. The third kappa shape index (κ3) is 4.94. The van der Waals surface area contributed by atoms with Gasteiger partial charge in [0.15, 0.2) is 5.17 Å². The van der Waals surface area contributed by atoms with Crippen molar-refractivity contribution >= 4 is 72.2 Å². The van der Waals surface area contributed by atoms with Crippen LogP contribution in [-0.2, 0) is 11.0 Å². The predicted octanol–water partition coefficient (Wildman–Crippen LogP) is 5.43. The Kier molecular flexibility index (Phi) is 5.68. The van der Waals surface area contributed by atoms with Crippen molar-refractivity contribution in [2.45, 2.75) is 6.18 Å². The minimum absolute atomic E-state index is 0.0739. The Balaban J connectivity index is 1.33. The molecule has 5 rings (SSSR count). The number of aromatic nitrogens is 3. The van der Waals surface area contributed by atoms with Gasteiger partial charge < -0.3 is 5.32 Å². The van der Waals surface area contributed by atoms with Crippen LogP contribution in [0.2, 0.25) is 0 Å². The summed E-state index contributed by atoms with van der Waals surface area (Å²) >= 11 is 3.99. The molecule has 2 aromatic carbocycles. The number of hydrogen-bond donors (Lipinski definition) is 1. The van der Waals surface area contributed by atoms with E-state index in [-0.39, 0.29) is 5.91 Å². The van der Waals surface area contributed by atoms with Crippen molar-refractivity contribution in [3.05, 3.63) is 53.6 Å². The summed E-state index contributed by atoms with van der Waals surface area (Å²) in [7, 11) is 0. The first-order valence-electron chi connectivity index (χ1n) is 9.31. The summed E-state index contributed by atoms with van der Waals surface area (Å²) in [5, 5.41) is 13.0. The van der Waals surface area contributed by atoms with Crippen molar-refractivity contribution in [1.82, 2.24) is 20.5 Å². The lowest BCUT2D eigenvalue weighted by atomic mass is 10.1. The Hall–Kier alpha value is -3.16. The third-order valence-corrected chi connectivity index (χ3v) is 7.05. The van der Waals surface area contributed by atoms with Crippen molar-refractivity contribution in [3.8, 4) is 10.6 Å². The molecule has 1 amide bonds. The fourth-order valence-electron chi connectivity index (χ4n) is 2.84. The minimum atomic E-state index is -4.37. The van der Waals surface area contributed by atoms with E-state index >= 15 is 0 Å². The van der Waals surface area contributed by atoms with E-state index in [0.29, 0.717) is 31.8 Å². The topological polar surface area (TPSA) is 92.5 Å². The van der Waals surface area contributed by atoms with Crippen LogP contribution in [0.4, 0.5) is 23.4 Å². The Morgan fingerprint density at radius 1 is 1.03 bits per heavy atom. The molecule has 0 aliphatic carbocycles. The van der Waals surface area contributed by atoms with Crippen molar-refractivity contribution in [1.29, 1.82) is 0 Å². The van der Waals surface area contributed by atoms with Crippen LogP contribution in [0.25, 0.3) is 20.8 Å². The predicted molar refractivity (Wildman–Crippen MR) is 125 cm³/mol. The molecule has 0 saturated carbocycles. The first kappa shape index (κ1) is 21.7. The highest BCUT2D eigenvalue weighted by Gasteiger charge is 2.29.